The second-order valence-electron chi connectivity index (χ2n) is 4.79. The number of aryl methyl sites for hydroxylation is 1. The van der Waals surface area contributed by atoms with E-state index < -0.39 is 5.97 Å². The van der Waals surface area contributed by atoms with Crippen LogP contribution in [0.3, 0.4) is 0 Å². The summed E-state index contributed by atoms with van der Waals surface area (Å²) in [5, 5.41) is 7.68. The van der Waals surface area contributed by atoms with Crippen LogP contribution in [-0.4, -0.2) is 22.7 Å². The zero-order valence-corrected chi connectivity index (χ0v) is 13.2. The molecule has 118 valence electrons. The smallest absolute Gasteiger partial charge is 0.344 e. The van der Waals surface area contributed by atoms with E-state index in [0.717, 1.165) is 11.1 Å². The summed E-state index contributed by atoms with van der Waals surface area (Å²) in [6, 6.07) is 9.33. The number of esters is 1. The highest BCUT2D eigenvalue weighted by Crippen LogP contribution is 2.18. The lowest BCUT2D eigenvalue weighted by Gasteiger charge is -2.06. The van der Waals surface area contributed by atoms with Crippen molar-refractivity contribution in [3.8, 4) is 17.1 Å². The lowest BCUT2D eigenvalue weighted by atomic mass is 10.2. The van der Waals surface area contributed by atoms with Gasteiger partial charge in [0.05, 0.1) is 0 Å². The Labute approximate surface area is 136 Å². The van der Waals surface area contributed by atoms with Crippen molar-refractivity contribution < 1.29 is 18.8 Å². The number of carbonyl (C=O) groups is 1. The molecule has 0 fully saturated rings. The van der Waals surface area contributed by atoms with Crippen LogP contribution in [-0.2, 0) is 16.1 Å². The first-order valence-electron chi connectivity index (χ1n) is 6.91. The monoisotopic (exact) mass is 330 g/mol. The van der Waals surface area contributed by atoms with E-state index in [1.165, 1.54) is 0 Å². The van der Waals surface area contributed by atoms with Gasteiger partial charge in [-0.05, 0) is 36.1 Å². The van der Waals surface area contributed by atoms with E-state index in [1.807, 2.05) is 41.9 Å². The van der Waals surface area contributed by atoms with Gasteiger partial charge in [-0.3, -0.25) is 0 Å². The number of aromatic nitrogens is 2. The fraction of sp³-hybridized carbons (Fsp3) is 0.188. The van der Waals surface area contributed by atoms with Crippen molar-refractivity contribution >= 4 is 17.3 Å². The molecule has 2 heterocycles. The van der Waals surface area contributed by atoms with E-state index in [1.54, 1.807) is 17.4 Å². The van der Waals surface area contributed by atoms with Gasteiger partial charge >= 0.3 is 5.97 Å². The van der Waals surface area contributed by atoms with Crippen LogP contribution in [0, 0.1) is 6.92 Å². The van der Waals surface area contributed by atoms with Gasteiger partial charge in [0.15, 0.2) is 13.2 Å². The Kier molecular flexibility index (Phi) is 4.68. The number of carbonyl (C=O) groups excluding carboxylic acids is 1. The fourth-order valence-electron chi connectivity index (χ4n) is 1.85. The standard InChI is InChI=1S/C16H14N2O4S/c1-11-3-2-4-13(7-11)20-9-15(19)21-8-14-17-16(18-22-14)12-5-6-23-10-12/h2-7,10H,8-9H2,1H3. The molecule has 0 bridgehead atoms. The van der Waals surface area contributed by atoms with E-state index in [-0.39, 0.29) is 19.1 Å². The zero-order chi connectivity index (χ0) is 16.1. The summed E-state index contributed by atoms with van der Waals surface area (Å²) in [6.45, 7) is 1.70. The van der Waals surface area contributed by atoms with Crippen molar-refractivity contribution in [3.63, 3.8) is 0 Å². The summed E-state index contributed by atoms with van der Waals surface area (Å²) in [5.74, 6) is 0.852. The molecule has 0 radical (unpaired) electrons. The minimum Gasteiger partial charge on any atom is -0.482 e. The predicted molar refractivity (Wildman–Crippen MR) is 84.1 cm³/mol. The van der Waals surface area contributed by atoms with Gasteiger partial charge in [0.1, 0.15) is 5.75 Å². The molecule has 3 aromatic rings. The van der Waals surface area contributed by atoms with Crippen LogP contribution in [0.15, 0.2) is 45.6 Å². The Morgan fingerprint density at radius 1 is 1.35 bits per heavy atom. The third kappa shape index (κ3) is 4.17. The SMILES string of the molecule is Cc1cccc(OCC(=O)OCc2nc(-c3ccsc3)no2)c1. The minimum absolute atomic E-state index is 0.0762. The first-order valence-corrected chi connectivity index (χ1v) is 7.85. The topological polar surface area (TPSA) is 74.5 Å². The molecule has 0 saturated carbocycles. The molecule has 0 N–H and O–H groups in total. The Bertz CT molecular complexity index is 783. The summed E-state index contributed by atoms with van der Waals surface area (Å²) in [4.78, 5) is 15.8. The van der Waals surface area contributed by atoms with Crippen LogP contribution in [0.1, 0.15) is 11.5 Å². The molecule has 7 heteroatoms. The van der Waals surface area contributed by atoms with Crippen LogP contribution < -0.4 is 4.74 Å². The summed E-state index contributed by atoms with van der Waals surface area (Å²) >= 11 is 1.54. The molecule has 0 amide bonds. The normalized spacial score (nSPS) is 10.5. The Morgan fingerprint density at radius 3 is 3.04 bits per heavy atom. The number of nitrogens with zero attached hydrogens (tertiary/aromatic N) is 2. The number of rotatable bonds is 6. The van der Waals surface area contributed by atoms with Gasteiger partial charge < -0.3 is 14.0 Å². The molecule has 23 heavy (non-hydrogen) atoms. The van der Waals surface area contributed by atoms with E-state index in [9.17, 15) is 4.79 Å². The quantitative estimate of drug-likeness (QED) is 0.646. The summed E-state index contributed by atoms with van der Waals surface area (Å²) in [7, 11) is 0. The lowest BCUT2D eigenvalue weighted by molar-refractivity contribution is -0.148. The highest BCUT2D eigenvalue weighted by Gasteiger charge is 2.11. The average Bonchev–Trinajstić information content (AvgIpc) is 3.22. The first-order chi connectivity index (χ1) is 11.2. The Balaban J connectivity index is 1.47. The summed E-state index contributed by atoms with van der Waals surface area (Å²) in [5.41, 5.74) is 1.93. The van der Waals surface area contributed by atoms with Crippen molar-refractivity contribution in [1.82, 2.24) is 10.1 Å². The molecular weight excluding hydrogens is 316 g/mol. The van der Waals surface area contributed by atoms with Crippen LogP contribution >= 0.6 is 11.3 Å². The summed E-state index contributed by atoms with van der Waals surface area (Å²) < 4.78 is 15.5. The van der Waals surface area contributed by atoms with Gasteiger partial charge in [-0.2, -0.15) is 16.3 Å². The first kappa shape index (κ1) is 15.2. The highest BCUT2D eigenvalue weighted by molar-refractivity contribution is 7.08. The Hall–Kier alpha value is -2.67. The molecule has 0 spiro atoms. The van der Waals surface area contributed by atoms with Gasteiger partial charge in [-0.1, -0.05) is 17.3 Å². The van der Waals surface area contributed by atoms with E-state index in [0.29, 0.717) is 11.6 Å². The van der Waals surface area contributed by atoms with E-state index >= 15 is 0 Å². The number of ether oxygens (including phenoxy) is 2. The van der Waals surface area contributed by atoms with Crippen molar-refractivity contribution in [2.75, 3.05) is 6.61 Å². The van der Waals surface area contributed by atoms with Crippen molar-refractivity contribution in [3.05, 3.63) is 52.5 Å². The average molecular weight is 330 g/mol. The third-order valence-corrected chi connectivity index (χ3v) is 3.63. The molecule has 0 saturated heterocycles. The fourth-order valence-corrected chi connectivity index (χ4v) is 2.49. The number of hydrogen-bond donors (Lipinski definition) is 0. The van der Waals surface area contributed by atoms with E-state index in [2.05, 4.69) is 10.1 Å². The molecule has 0 atom stereocenters. The van der Waals surface area contributed by atoms with E-state index in [4.69, 9.17) is 14.0 Å². The largest absolute Gasteiger partial charge is 0.482 e. The molecule has 0 aliphatic carbocycles. The van der Waals surface area contributed by atoms with Gasteiger partial charge in [0.2, 0.25) is 5.82 Å². The van der Waals surface area contributed by atoms with Crippen molar-refractivity contribution in [1.29, 1.82) is 0 Å². The predicted octanol–water partition coefficient (Wildman–Crippen LogP) is 3.23. The van der Waals surface area contributed by atoms with Crippen LogP contribution in [0.2, 0.25) is 0 Å². The second kappa shape index (κ2) is 7.06. The van der Waals surface area contributed by atoms with Crippen LogP contribution in [0.25, 0.3) is 11.4 Å². The molecule has 3 rings (SSSR count). The van der Waals surface area contributed by atoms with Crippen molar-refractivity contribution in [2.24, 2.45) is 0 Å². The number of hydrogen-bond acceptors (Lipinski definition) is 7. The number of benzene rings is 1. The highest BCUT2D eigenvalue weighted by atomic mass is 32.1. The Morgan fingerprint density at radius 2 is 2.26 bits per heavy atom. The van der Waals surface area contributed by atoms with Gasteiger partial charge in [-0.25, -0.2) is 4.79 Å². The molecule has 0 aliphatic heterocycles. The zero-order valence-electron chi connectivity index (χ0n) is 12.4. The molecule has 2 aromatic heterocycles. The maximum absolute atomic E-state index is 11.7. The molecule has 6 nitrogen and oxygen atoms in total. The molecule has 0 unspecified atom stereocenters. The van der Waals surface area contributed by atoms with Gasteiger partial charge in [0.25, 0.3) is 5.89 Å². The maximum atomic E-state index is 11.7. The van der Waals surface area contributed by atoms with Crippen LogP contribution in [0.4, 0.5) is 0 Å². The molecule has 0 aliphatic rings. The van der Waals surface area contributed by atoms with Crippen molar-refractivity contribution in [2.45, 2.75) is 13.5 Å². The maximum Gasteiger partial charge on any atom is 0.344 e. The minimum atomic E-state index is -0.498. The molecular formula is C16H14N2O4S. The van der Waals surface area contributed by atoms with Gasteiger partial charge in [0, 0.05) is 10.9 Å². The van der Waals surface area contributed by atoms with Crippen LogP contribution in [0.5, 0.6) is 5.75 Å². The summed E-state index contributed by atoms with van der Waals surface area (Å²) in [6.07, 6.45) is 0. The third-order valence-electron chi connectivity index (χ3n) is 2.95. The molecule has 1 aromatic carbocycles. The second-order valence-corrected chi connectivity index (χ2v) is 5.57. The lowest BCUT2D eigenvalue weighted by Crippen LogP contribution is -2.14. The number of thiophene rings is 1. The van der Waals surface area contributed by atoms with Gasteiger partial charge in [-0.15, -0.1) is 0 Å².